The van der Waals surface area contributed by atoms with Crippen LogP contribution in [0.2, 0.25) is 0 Å². The summed E-state index contributed by atoms with van der Waals surface area (Å²) in [6.45, 7) is 1.99. The van der Waals surface area contributed by atoms with E-state index in [0.717, 1.165) is 32.4 Å². The molecule has 1 N–H and O–H groups in total. The van der Waals surface area contributed by atoms with E-state index in [0.29, 0.717) is 0 Å². The second kappa shape index (κ2) is 4.67. The Labute approximate surface area is 120 Å². The first-order chi connectivity index (χ1) is 9.16. The molecule has 0 atom stereocenters. The number of amides is 1. The van der Waals surface area contributed by atoms with Crippen molar-refractivity contribution in [1.29, 1.82) is 0 Å². The lowest BCUT2D eigenvalue weighted by atomic mass is 9.97. The number of carbonyl (C=O) groups excluding carboxylic acids is 1. The van der Waals surface area contributed by atoms with E-state index >= 15 is 0 Å². The molecule has 0 aliphatic carbocycles. The molecule has 0 saturated carbocycles. The summed E-state index contributed by atoms with van der Waals surface area (Å²) in [5, 5.41) is 2.91. The third-order valence-corrected chi connectivity index (χ3v) is 3.80. The van der Waals surface area contributed by atoms with Gasteiger partial charge >= 0.3 is 0 Å². The first-order valence-corrected chi connectivity index (χ1v) is 6.83. The predicted octanol–water partition coefficient (Wildman–Crippen LogP) is 4.33. The van der Waals surface area contributed by atoms with Gasteiger partial charge in [0.15, 0.2) is 0 Å². The summed E-state index contributed by atoms with van der Waals surface area (Å²) in [6, 6.07) is 15.8. The molecule has 0 aromatic heterocycles. The topological polar surface area (TPSA) is 29.1 Å². The molecule has 0 spiro atoms. The molecule has 19 heavy (non-hydrogen) atoms. The Morgan fingerprint density at radius 2 is 1.84 bits per heavy atom. The monoisotopic (exact) mass is 313 g/mol. The van der Waals surface area contributed by atoms with Crippen molar-refractivity contribution in [1.82, 2.24) is 0 Å². The number of fused-ring (bicyclic) bond motifs is 1. The molecule has 3 heteroatoms. The Bertz CT molecular complexity index is 689. The van der Waals surface area contributed by atoms with Crippen LogP contribution in [-0.2, 0) is 4.79 Å². The molecule has 94 valence electrons. The van der Waals surface area contributed by atoms with E-state index in [1.54, 1.807) is 0 Å². The molecule has 2 aromatic carbocycles. The Morgan fingerprint density at radius 3 is 2.58 bits per heavy atom. The molecular formula is C16H12BrNO. The van der Waals surface area contributed by atoms with Gasteiger partial charge in [-0.05, 0) is 36.3 Å². The zero-order chi connectivity index (χ0) is 13.4. The molecule has 3 rings (SSSR count). The van der Waals surface area contributed by atoms with Crippen LogP contribution in [0.5, 0.6) is 0 Å². The third-order valence-electron chi connectivity index (χ3n) is 3.31. The van der Waals surface area contributed by atoms with E-state index in [2.05, 4.69) is 21.2 Å². The lowest BCUT2D eigenvalue weighted by Crippen LogP contribution is -2.05. The summed E-state index contributed by atoms with van der Waals surface area (Å²) >= 11 is 3.46. The number of allylic oxidation sites excluding steroid dienone is 1. The minimum Gasteiger partial charge on any atom is -0.321 e. The zero-order valence-corrected chi connectivity index (χ0v) is 12.0. The number of hydrogen-bond donors (Lipinski definition) is 1. The zero-order valence-electron chi connectivity index (χ0n) is 10.4. The van der Waals surface area contributed by atoms with Crippen LogP contribution in [-0.4, -0.2) is 5.91 Å². The predicted molar refractivity (Wildman–Crippen MR) is 81.7 cm³/mol. The molecule has 0 bridgehead atoms. The maximum atomic E-state index is 12.2. The molecule has 1 heterocycles. The average molecular weight is 314 g/mol. The second-order valence-corrected chi connectivity index (χ2v) is 5.43. The summed E-state index contributed by atoms with van der Waals surface area (Å²) in [7, 11) is 0. The number of hydrogen-bond acceptors (Lipinski definition) is 1. The second-order valence-electron chi connectivity index (χ2n) is 4.51. The van der Waals surface area contributed by atoms with Crippen LogP contribution in [0.1, 0.15) is 18.1 Å². The normalized spacial score (nSPS) is 16.0. The maximum Gasteiger partial charge on any atom is 0.256 e. The van der Waals surface area contributed by atoms with Crippen molar-refractivity contribution in [2.24, 2.45) is 0 Å². The molecule has 0 radical (unpaired) electrons. The third kappa shape index (κ3) is 2.10. The van der Waals surface area contributed by atoms with Gasteiger partial charge in [-0.2, -0.15) is 0 Å². The highest BCUT2D eigenvalue weighted by Crippen LogP contribution is 2.38. The highest BCUT2D eigenvalue weighted by molar-refractivity contribution is 9.10. The standard InChI is InChI=1S/C16H12BrNO/c1-10(11-5-3-2-4-6-11)15-13-9-12(17)7-8-14(13)18-16(15)19/h2-9H,1H3,(H,18,19). The number of carbonyl (C=O) groups is 1. The Morgan fingerprint density at radius 1 is 1.11 bits per heavy atom. The molecule has 0 fully saturated rings. The minimum absolute atomic E-state index is 0.0329. The van der Waals surface area contributed by atoms with Gasteiger partial charge in [0, 0.05) is 15.7 Å². The van der Waals surface area contributed by atoms with E-state index in [1.165, 1.54) is 0 Å². The van der Waals surface area contributed by atoms with Gasteiger partial charge in [0.25, 0.3) is 5.91 Å². The number of nitrogens with one attached hydrogen (secondary N) is 1. The highest BCUT2D eigenvalue weighted by Gasteiger charge is 2.26. The van der Waals surface area contributed by atoms with E-state index < -0.39 is 0 Å². The Balaban J connectivity index is 2.21. The van der Waals surface area contributed by atoms with Gasteiger partial charge in [-0.15, -0.1) is 0 Å². The Hall–Kier alpha value is -1.87. The molecule has 1 aliphatic rings. The quantitative estimate of drug-likeness (QED) is 0.780. The van der Waals surface area contributed by atoms with Crippen LogP contribution in [0.15, 0.2) is 53.0 Å². The van der Waals surface area contributed by atoms with Gasteiger partial charge in [0.2, 0.25) is 0 Å². The highest BCUT2D eigenvalue weighted by atomic mass is 79.9. The maximum absolute atomic E-state index is 12.2. The average Bonchev–Trinajstić information content (AvgIpc) is 2.74. The molecular weight excluding hydrogens is 302 g/mol. The van der Waals surface area contributed by atoms with Crippen molar-refractivity contribution in [2.45, 2.75) is 6.92 Å². The molecule has 2 nitrogen and oxygen atoms in total. The van der Waals surface area contributed by atoms with Crippen molar-refractivity contribution >= 4 is 38.7 Å². The van der Waals surface area contributed by atoms with E-state index in [4.69, 9.17) is 0 Å². The van der Waals surface area contributed by atoms with Crippen LogP contribution in [0.4, 0.5) is 5.69 Å². The fourth-order valence-electron chi connectivity index (χ4n) is 2.34. The van der Waals surface area contributed by atoms with Gasteiger partial charge < -0.3 is 5.32 Å². The van der Waals surface area contributed by atoms with E-state index in [1.807, 2.05) is 55.5 Å². The van der Waals surface area contributed by atoms with Crippen molar-refractivity contribution < 1.29 is 4.79 Å². The molecule has 0 saturated heterocycles. The van der Waals surface area contributed by atoms with Crippen molar-refractivity contribution in [3.8, 4) is 0 Å². The molecule has 2 aromatic rings. The first kappa shape index (κ1) is 12.2. The smallest absolute Gasteiger partial charge is 0.256 e. The van der Waals surface area contributed by atoms with Gasteiger partial charge in [0.1, 0.15) is 0 Å². The van der Waals surface area contributed by atoms with Crippen LogP contribution in [0.3, 0.4) is 0 Å². The van der Waals surface area contributed by atoms with Crippen molar-refractivity contribution in [3.05, 3.63) is 64.1 Å². The van der Waals surface area contributed by atoms with Crippen LogP contribution in [0, 0.1) is 0 Å². The first-order valence-electron chi connectivity index (χ1n) is 6.04. The summed E-state index contributed by atoms with van der Waals surface area (Å²) in [4.78, 5) is 12.2. The van der Waals surface area contributed by atoms with Crippen molar-refractivity contribution in [3.63, 3.8) is 0 Å². The number of rotatable bonds is 1. The fourth-order valence-corrected chi connectivity index (χ4v) is 2.71. The van der Waals surface area contributed by atoms with Crippen LogP contribution < -0.4 is 5.32 Å². The molecule has 1 amide bonds. The van der Waals surface area contributed by atoms with Gasteiger partial charge in [-0.25, -0.2) is 0 Å². The summed E-state index contributed by atoms with van der Waals surface area (Å²) in [6.07, 6.45) is 0. The summed E-state index contributed by atoms with van der Waals surface area (Å²) < 4.78 is 0.973. The number of halogens is 1. The lowest BCUT2D eigenvalue weighted by molar-refractivity contribution is -0.110. The number of anilines is 1. The van der Waals surface area contributed by atoms with Gasteiger partial charge in [0.05, 0.1) is 5.57 Å². The lowest BCUT2D eigenvalue weighted by Gasteiger charge is -2.06. The molecule has 0 unspecified atom stereocenters. The van der Waals surface area contributed by atoms with E-state index in [-0.39, 0.29) is 5.91 Å². The largest absolute Gasteiger partial charge is 0.321 e. The molecule has 1 aliphatic heterocycles. The van der Waals surface area contributed by atoms with E-state index in [9.17, 15) is 4.79 Å². The van der Waals surface area contributed by atoms with Crippen molar-refractivity contribution in [2.75, 3.05) is 5.32 Å². The number of benzene rings is 2. The fraction of sp³-hybridized carbons (Fsp3) is 0.0625. The van der Waals surface area contributed by atoms with Crippen LogP contribution >= 0.6 is 15.9 Å². The van der Waals surface area contributed by atoms with Crippen LogP contribution in [0.25, 0.3) is 11.1 Å². The Kier molecular flexibility index (Phi) is 2.99. The minimum atomic E-state index is -0.0329. The summed E-state index contributed by atoms with van der Waals surface area (Å²) in [5.74, 6) is -0.0329. The van der Waals surface area contributed by atoms with Gasteiger partial charge in [-0.1, -0.05) is 46.3 Å². The SMILES string of the molecule is CC(=C1C(=O)Nc2ccc(Br)cc21)c1ccccc1. The van der Waals surface area contributed by atoms with Gasteiger partial charge in [-0.3, -0.25) is 4.79 Å². The summed E-state index contributed by atoms with van der Waals surface area (Å²) in [5.41, 5.74) is 4.65.